The number of hydrogen-bond acceptors (Lipinski definition) is 3. The molecule has 3 nitrogen and oxygen atoms in total. The highest BCUT2D eigenvalue weighted by Crippen LogP contribution is 2.71. The zero-order valence-corrected chi connectivity index (χ0v) is 22.0. The molecule has 0 aromatic carbocycles. The van der Waals surface area contributed by atoms with Gasteiger partial charge in [-0.25, -0.2) is 0 Å². The van der Waals surface area contributed by atoms with E-state index in [4.69, 9.17) is 0 Å². The van der Waals surface area contributed by atoms with Crippen LogP contribution in [0.1, 0.15) is 92.9 Å². The first-order chi connectivity index (χ1) is 15.5. The van der Waals surface area contributed by atoms with Crippen molar-refractivity contribution in [1.29, 1.82) is 0 Å². The van der Waals surface area contributed by atoms with E-state index in [0.717, 1.165) is 44.1 Å². The summed E-state index contributed by atoms with van der Waals surface area (Å²) in [6.45, 7) is 14.5. The maximum atomic E-state index is 10.8. The second kappa shape index (κ2) is 8.64. The van der Waals surface area contributed by atoms with Gasteiger partial charge in [-0.15, -0.1) is 0 Å². The molecule has 0 aromatic rings. The Labute approximate surface area is 202 Å². The van der Waals surface area contributed by atoms with Crippen LogP contribution in [0.4, 0.5) is 0 Å². The summed E-state index contributed by atoms with van der Waals surface area (Å²) in [5.74, 6) is 1.82. The largest absolute Gasteiger partial charge is 0.393 e. The summed E-state index contributed by atoms with van der Waals surface area (Å²) in [6, 6.07) is 0. The van der Waals surface area contributed by atoms with E-state index in [-0.39, 0.29) is 41.0 Å². The van der Waals surface area contributed by atoms with Crippen molar-refractivity contribution in [2.45, 2.75) is 99.0 Å². The molecular weight excluding hydrogens is 408 g/mol. The Kier molecular flexibility index (Phi) is 6.60. The number of aliphatic hydroxyl groups excluding tert-OH is 3. The molecule has 7 atom stereocenters. The molecule has 0 radical (unpaired) electrons. The number of allylic oxidation sites excluding steroid dienone is 5. The number of aliphatic hydroxyl groups is 3. The minimum Gasteiger partial charge on any atom is -0.393 e. The highest BCUT2D eigenvalue weighted by atomic mass is 16.3. The Morgan fingerprint density at radius 3 is 2.39 bits per heavy atom. The van der Waals surface area contributed by atoms with Gasteiger partial charge in [-0.05, 0) is 107 Å². The standard InChI is InChI=1S/C30H48O3/c1-20(8-7-9-21(18-31)19-32)22-12-16-30(6)24-10-11-25-27(2,3)26(33)14-15-28(25,4)23(24)13-17-29(22,30)5/h9-10,13,20,22,25-26,31-33H,7-8,11-12,14-19H2,1-6H3/t20-,22-,25+,26?,28-,29-,30+/m1/s1. The molecule has 4 rings (SSSR count). The van der Waals surface area contributed by atoms with Gasteiger partial charge in [0.15, 0.2) is 0 Å². The highest BCUT2D eigenvalue weighted by molar-refractivity contribution is 5.49. The molecule has 2 saturated carbocycles. The predicted molar refractivity (Wildman–Crippen MR) is 136 cm³/mol. The molecule has 0 amide bonds. The average molecular weight is 457 g/mol. The van der Waals surface area contributed by atoms with Crippen LogP contribution in [0.25, 0.3) is 0 Å². The molecule has 186 valence electrons. The molecule has 3 heteroatoms. The molecule has 2 fully saturated rings. The second-order valence-corrected chi connectivity index (χ2v) is 13.1. The van der Waals surface area contributed by atoms with Gasteiger partial charge in [-0.2, -0.15) is 0 Å². The van der Waals surface area contributed by atoms with Crippen LogP contribution >= 0.6 is 0 Å². The first-order valence-corrected chi connectivity index (χ1v) is 13.4. The number of hydrogen-bond donors (Lipinski definition) is 3. The van der Waals surface area contributed by atoms with E-state index in [2.05, 4.69) is 53.7 Å². The van der Waals surface area contributed by atoms with E-state index in [0.29, 0.717) is 17.8 Å². The molecule has 0 aliphatic heterocycles. The van der Waals surface area contributed by atoms with Crippen LogP contribution in [-0.2, 0) is 0 Å². The number of fused-ring (bicyclic) bond motifs is 5. The van der Waals surface area contributed by atoms with Gasteiger partial charge in [0, 0.05) is 0 Å². The number of rotatable bonds is 6. The fourth-order valence-corrected chi connectivity index (χ4v) is 8.87. The van der Waals surface area contributed by atoms with Crippen molar-refractivity contribution in [3.8, 4) is 0 Å². The summed E-state index contributed by atoms with van der Waals surface area (Å²) >= 11 is 0. The zero-order chi connectivity index (χ0) is 24.2. The first kappa shape index (κ1) is 25.2. The Hall–Kier alpha value is -0.900. The lowest BCUT2D eigenvalue weighted by Crippen LogP contribution is -2.54. The quantitative estimate of drug-likeness (QED) is 0.417. The van der Waals surface area contributed by atoms with Crippen molar-refractivity contribution in [2.75, 3.05) is 13.2 Å². The molecule has 1 unspecified atom stereocenters. The van der Waals surface area contributed by atoms with E-state index >= 15 is 0 Å². The van der Waals surface area contributed by atoms with Crippen LogP contribution in [0, 0.1) is 39.4 Å². The van der Waals surface area contributed by atoms with E-state index in [1.165, 1.54) is 12.8 Å². The van der Waals surface area contributed by atoms with Gasteiger partial charge >= 0.3 is 0 Å². The van der Waals surface area contributed by atoms with E-state index in [9.17, 15) is 15.3 Å². The van der Waals surface area contributed by atoms with Crippen molar-refractivity contribution in [3.63, 3.8) is 0 Å². The third kappa shape index (κ3) is 3.64. The predicted octanol–water partition coefficient (Wildman–Crippen LogP) is 6.20. The van der Waals surface area contributed by atoms with Crippen LogP contribution in [0.3, 0.4) is 0 Å². The fraction of sp³-hybridized carbons (Fsp3) is 0.800. The zero-order valence-electron chi connectivity index (χ0n) is 22.0. The fourth-order valence-electron chi connectivity index (χ4n) is 8.87. The minimum atomic E-state index is -0.196. The van der Waals surface area contributed by atoms with Gasteiger partial charge < -0.3 is 15.3 Å². The van der Waals surface area contributed by atoms with Gasteiger partial charge in [-0.3, -0.25) is 0 Å². The molecule has 3 N–H and O–H groups in total. The second-order valence-electron chi connectivity index (χ2n) is 13.1. The average Bonchev–Trinajstić information content (AvgIpc) is 3.05. The summed E-state index contributed by atoms with van der Waals surface area (Å²) in [4.78, 5) is 0. The molecular formula is C30H48O3. The lowest BCUT2D eigenvalue weighted by Gasteiger charge is -2.61. The highest BCUT2D eigenvalue weighted by Gasteiger charge is 2.62. The topological polar surface area (TPSA) is 60.7 Å². The molecule has 0 heterocycles. The summed E-state index contributed by atoms with van der Waals surface area (Å²) in [6.07, 6.45) is 15.9. The summed E-state index contributed by atoms with van der Waals surface area (Å²) in [5.41, 5.74) is 4.63. The van der Waals surface area contributed by atoms with Gasteiger partial charge in [0.1, 0.15) is 0 Å². The molecule has 0 aromatic heterocycles. The third-order valence-corrected chi connectivity index (χ3v) is 11.4. The lowest BCUT2D eigenvalue weighted by molar-refractivity contribution is -0.0851. The summed E-state index contributed by atoms with van der Waals surface area (Å²) in [5, 5.41) is 29.5. The van der Waals surface area contributed by atoms with Gasteiger partial charge in [0.05, 0.1) is 19.3 Å². The van der Waals surface area contributed by atoms with Crippen molar-refractivity contribution in [3.05, 3.63) is 34.9 Å². The Morgan fingerprint density at radius 2 is 1.73 bits per heavy atom. The van der Waals surface area contributed by atoms with Gasteiger partial charge in [0.2, 0.25) is 0 Å². The SMILES string of the molecule is C[C@H](CCC=C(CO)CO)[C@H]1CC[C@@]2(C)C3=CC[C@H]4C(C)(C)C(O)CC[C@]4(C)C3=CC[C@]12C. The molecule has 0 spiro atoms. The van der Waals surface area contributed by atoms with Gasteiger partial charge in [-0.1, -0.05) is 59.8 Å². The van der Waals surface area contributed by atoms with Crippen LogP contribution < -0.4 is 0 Å². The third-order valence-electron chi connectivity index (χ3n) is 11.4. The van der Waals surface area contributed by atoms with E-state index < -0.39 is 0 Å². The summed E-state index contributed by atoms with van der Waals surface area (Å²) in [7, 11) is 0. The molecule has 0 bridgehead atoms. The van der Waals surface area contributed by atoms with Crippen molar-refractivity contribution in [1.82, 2.24) is 0 Å². The molecule has 4 aliphatic rings. The lowest BCUT2D eigenvalue weighted by atomic mass is 9.44. The Morgan fingerprint density at radius 1 is 1.03 bits per heavy atom. The van der Waals surface area contributed by atoms with Crippen molar-refractivity contribution in [2.24, 2.45) is 39.4 Å². The monoisotopic (exact) mass is 456 g/mol. The molecule has 33 heavy (non-hydrogen) atoms. The van der Waals surface area contributed by atoms with Gasteiger partial charge in [0.25, 0.3) is 0 Å². The Balaban J connectivity index is 1.60. The first-order valence-electron chi connectivity index (χ1n) is 13.4. The van der Waals surface area contributed by atoms with Crippen LogP contribution in [0.15, 0.2) is 34.9 Å². The minimum absolute atomic E-state index is 0.0419. The molecule has 4 aliphatic carbocycles. The van der Waals surface area contributed by atoms with Crippen molar-refractivity contribution >= 4 is 0 Å². The summed E-state index contributed by atoms with van der Waals surface area (Å²) < 4.78 is 0. The maximum Gasteiger partial charge on any atom is 0.0663 e. The Bertz CT molecular complexity index is 845. The van der Waals surface area contributed by atoms with E-state index in [1.54, 1.807) is 11.1 Å². The maximum absolute atomic E-state index is 10.8. The van der Waals surface area contributed by atoms with E-state index in [1.807, 2.05) is 6.08 Å². The van der Waals surface area contributed by atoms with Crippen LogP contribution in [-0.4, -0.2) is 34.6 Å². The molecule has 0 saturated heterocycles. The van der Waals surface area contributed by atoms with Crippen molar-refractivity contribution < 1.29 is 15.3 Å². The van der Waals surface area contributed by atoms with Crippen LogP contribution in [0.5, 0.6) is 0 Å². The smallest absolute Gasteiger partial charge is 0.0663 e. The normalized spacial score (nSPS) is 42.4. The van der Waals surface area contributed by atoms with Crippen LogP contribution in [0.2, 0.25) is 0 Å².